The Morgan fingerprint density at radius 1 is 1.07 bits per heavy atom. The fourth-order valence-corrected chi connectivity index (χ4v) is 2.88. The number of carbonyl (C=O) groups excluding carboxylic acids is 3. The van der Waals surface area contributed by atoms with Crippen LogP contribution >= 0.6 is 0 Å². The van der Waals surface area contributed by atoms with Crippen molar-refractivity contribution < 1.29 is 23.5 Å². The van der Waals surface area contributed by atoms with Gasteiger partial charge in [-0.2, -0.15) is 0 Å². The first-order valence-electron chi connectivity index (χ1n) is 8.96. The highest BCUT2D eigenvalue weighted by Crippen LogP contribution is 2.29. The lowest BCUT2D eigenvalue weighted by molar-refractivity contribution is -0.118. The molecular formula is C21H15N4O5+. The molecular weight excluding hydrogens is 388 g/mol. The first-order valence-corrected chi connectivity index (χ1v) is 8.96. The molecule has 2 aromatic carbocycles. The number of nitrogens with zero attached hydrogens (tertiary/aromatic N) is 3. The monoisotopic (exact) mass is 403 g/mol. The molecule has 0 saturated carbocycles. The molecule has 2 amide bonds. The molecule has 30 heavy (non-hydrogen) atoms. The fourth-order valence-electron chi connectivity index (χ4n) is 2.88. The number of hydrogen-bond donors (Lipinski definition) is 1. The highest BCUT2D eigenvalue weighted by atomic mass is 16.5. The second kappa shape index (κ2) is 8.34. The largest absolute Gasteiger partial charge is 0.482 e. The molecule has 0 atom stereocenters. The molecule has 0 fully saturated rings. The van der Waals surface area contributed by atoms with Crippen molar-refractivity contribution >= 4 is 23.3 Å². The summed E-state index contributed by atoms with van der Waals surface area (Å²) in [6.07, 6.45) is 1.51. The van der Waals surface area contributed by atoms with E-state index in [9.17, 15) is 14.4 Å². The van der Waals surface area contributed by atoms with Gasteiger partial charge in [0, 0.05) is 11.1 Å². The van der Waals surface area contributed by atoms with Crippen molar-refractivity contribution in [1.82, 2.24) is 4.91 Å². The number of benzene rings is 2. The number of furan rings is 1. The van der Waals surface area contributed by atoms with E-state index in [4.69, 9.17) is 9.15 Å². The Bertz CT molecular complexity index is 1190. The van der Waals surface area contributed by atoms with Gasteiger partial charge in [-0.25, -0.2) is 0 Å². The summed E-state index contributed by atoms with van der Waals surface area (Å²) in [4.78, 5) is 40.5. The second-order valence-corrected chi connectivity index (χ2v) is 6.30. The molecule has 0 aliphatic carbocycles. The molecule has 0 radical (unpaired) electrons. The van der Waals surface area contributed by atoms with Crippen molar-refractivity contribution in [3.8, 4) is 5.75 Å². The topological polar surface area (TPSA) is 124 Å². The van der Waals surface area contributed by atoms with Crippen molar-refractivity contribution in [2.75, 3.05) is 11.9 Å². The zero-order valence-corrected chi connectivity index (χ0v) is 15.6. The molecule has 148 valence electrons. The number of rotatable bonds is 5. The van der Waals surface area contributed by atoms with Crippen molar-refractivity contribution in [3.63, 3.8) is 0 Å². The van der Waals surface area contributed by atoms with E-state index in [2.05, 4.69) is 20.5 Å². The summed E-state index contributed by atoms with van der Waals surface area (Å²) in [6.45, 7) is 0.0703. The Labute approximate surface area is 170 Å². The molecule has 0 unspecified atom stereocenters. The number of nitrogens with one attached hydrogen (secondary N) is 1. The average Bonchev–Trinajstić information content (AvgIpc) is 3.29. The van der Waals surface area contributed by atoms with Crippen LogP contribution in [0.2, 0.25) is 0 Å². The van der Waals surface area contributed by atoms with E-state index in [1.807, 2.05) is 0 Å². The van der Waals surface area contributed by atoms with Crippen molar-refractivity contribution in [2.45, 2.75) is 6.54 Å². The predicted octanol–water partition coefficient (Wildman–Crippen LogP) is 3.15. The first-order chi connectivity index (χ1) is 14.6. The number of hydrogen-bond acceptors (Lipinski definition) is 6. The van der Waals surface area contributed by atoms with Crippen molar-refractivity contribution in [1.29, 1.82) is 0 Å². The van der Waals surface area contributed by atoms with Gasteiger partial charge in [0.05, 0.1) is 17.5 Å². The summed E-state index contributed by atoms with van der Waals surface area (Å²) in [6, 6.07) is 14.4. The van der Waals surface area contributed by atoms with Gasteiger partial charge in [0.2, 0.25) is 10.0 Å². The molecule has 0 bridgehead atoms. The van der Waals surface area contributed by atoms with Crippen LogP contribution in [0.3, 0.4) is 0 Å². The molecule has 1 aliphatic heterocycles. The molecule has 2 heterocycles. The van der Waals surface area contributed by atoms with Crippen LogP contribution in [-0.4, -0.2) is 24.2 Å². The molecule has 1 N–H and O–H groups in total. The van der Waals surface area contributed by atoms with E-state index in [1.165, 1.54) is 24.5 Å². The smallest absolute Gasteiger partial charge is 0.361 e. The molecule has 0 saturated heterocycles. The van der Waals surface area contributed by atoms with Crippen LogP contribution in [0.5, 0.6) is 5.75 Å². The van der Waals surface area contributed by atoms with Gasteiger partial charge in [-0.15, -0.1) is 0 Å². The van der Waals surface area contributed by atoms with Gasteiger partial charge in [-0.3, -0.25) is 14.4 Å². The maximum atomic E-state index is 13.0. The first kappa shape index (κ1) is 19.0. The zero-order valence-electron chi connectivity index (χ0n) is 15.6. The van der Waals surface area contributed by atoms with Gasteiger partial charge in [-0.05, 0) is 36.4 Å². The minimum Gasteiger partial charge on any atom is -0.482 e. The zero-order chi connectivity index (χ0) is 20.9. The standard InChI is InChI=1S/C21H14N4O5/c26-19-12-30-18-8-7-13(10-17(18)23-19)20(27)15-5-1-2-6-16(15)21(28)24-25-22-11-14-4-3-9-29-14/h1-10H,11-12H2/p+1. The minimum atomic E-state index is -0.697. The second-order valence-electron chi connectivity index (χ2n) is 6.30. The van der Waals surface area contributed by atoms with E-state index in [0.717, 1.165) is 0 Å². The number of fused-ring (bicyclic) bond motifs is 1. The van der Waals surface area contributed by atoms with E-state index in [-0.39, 0.29) is 30.2 Å². The minimum absolute atomic E-state index is 0.0758. The SMILES string of the molecule is O=C1COc2ccc(C(=O)c3ccccc3C(=O)N=[N+]=NCc3ccco3)cc2N1. The van der Waals surface area contributed by atoms with Crippen LogP contribution in [-0.2, 0) is 11.3 Å². The molecule has 1 aliphatic rings. The van der Waals surface area contributed by atoms with Gasteiger partial charge in [0.25, 0.3) is 5.91 Å². The Kier molecular flexibility index (Phi) is 5.27. The summed E-state index contributed by atoms with van der Waals surface area (Å²) in [5, 5.41) is 9.98. The van der Waals surface area contributed by atoms with Crippen LogP contribution in [0.4, 0.5) is 5.69 Å². The highest BCUT2D eigenvalue weighted by Gasteiger charge is 2.23. The normalized spacial score (nSPS) is 12.1. The Hall–Kier alpha value is -4.36. The summed E-state index contributed by atoms with van der Waals surface area (Å²) in [5.41, 5.74) is 0.949. The lowest BCUT2D eigenvalue weighted by Gasteiger charge is -2.18. The quantitative estimate of drug-likeness (QED) is 0.398. The number of carbonyl (C=O) groups is 3. The van der Waals surface area contributed by atoms with Crippen molar-refractivity contribution in [3.05, 3.63) is 83.3 Å². The maximum absolute atomic E-state index is 13.0. The number of ether oxygens (including phenoxy) is 1. The summed E-state index contributed by atoms with van der Waals surface area (Å²) in [7, 11) is 0. The van der Waals surface area contributed by atoms with Gasteiger partial charge in [-0.1, -0.05) is 18.2 Å². The van der Waals surface area contributed by atoms with E-state index in [0.29, 0.717) is 22.8 Å². The molecule has 0 spiro atoms. The fraction of sp³-hybridized carbons (Fsp3) is 0.0952. The lowest BCUT2D eigenvalue weighted by atomic mass is 9.97. The Morgan fingerprint density at radius 2 is 1.90 bits per heavy atom. The van der Waals surface area contributed by atoms with Gasteiger partial charge in [0.15, 0.2) is 18.9 Å². The third-order valence-electron chi connectivity index (χ3n) is 4.28. The molecule has 9 nitrogen and oxygen atoms in total. The van der Waals surface area contributed by atoms with E-state index >= 15 is 0 Å². The molecule has 4 rings (SSSR count). The van der Waals surface area contributed by atoms with Crippen molar-refractivity contribution in [2.24, 2.45) is 10.2 Å². The summed E-state index contributed by atoms with van der Waals surface area (Å²) < 4.78 is 10.4. The molecule has 1 aromatic heterocycles. The number of ketones is 1. The maximum Gasteiger partial charge on any atom is 0.361 e. The third-order valence-corrected chi connectivity index (χ3v) is 4.28. The predicted molar refractivity (Wildman–Crippen MR) is 104 cm³/mol. The number of amides is 2. The third kappa shape index (κ3) is 4.06. The van der Waals surface area contributed by atoms with Crippen LogP contribution in [0.15, 0.2) is 75.5 Å². The lowest BCUT2D eigenvalue weighted by Crippen LogP contribution is -2.25. The van der Waals surface area contributed by atoms with Gasteiger partial charge < -0.3 is 14.5 Å². The van der Waals surface area contributed by atoms with E-state index < -0.39 is 11.7 Å². The van der Waals surface area contributed by atoms with Crippen LogP contribution < -0.4 is 15.0 Å². The Balaban J connectivity index is 1.57. The summed E-state index contributed by atoms with van der Waals surface area (Å²) in [5.74, 6) is -0.342. The number of anilines is 1. The van der Waals surface area contributed by atoms with Crippen LogP contribution in [0, 0.1) is 0 Å². The van der Waals surface area contributed by atoms with Crippen LogP contribution in [0.1, 0.15) is 32.0 Å². The van der Waals surface area contributed by atoms with Gasteiger partial charge in [0.1, 0.15) is 16.6 Å². The highest BCUT2D eigenvalue weighted by molar-refractivity contribution is 6.16. The van der Waals surface area contributed by atoms with Gasteiger partial charge >= 0.3 is 5.91 Å². The van der Waals surface area contributed by atoms with Crippen LogP contribution in [0.25, 0.3) is 0 Å². The average molecular weight is 403 g/mol. The van der Waals surface area contributed by atoms with E-state index in [1.54, 1.807) is 36.4 Å². The molecule has 3 aromatic rings. The summed E-state index contributed by atoms with van der Waals surface area (Å²) >= 11 is 0. The molecule has 9 heteroatoms. The Morgan fingerprint density at radius 3 is 2.70 bits per heavy atom.